The Bertz CT molecular complexity index is 1550. The molecule has 3 aliphatic heterocycles. The van der Waals surface area contributed by atoms with Gasteiger partial charge in [-0.15, -0.1) is 0 Å². The molecule has 228 valence electrons. The Balaban J connectivity index is 1.10. The van der Waals surface area contributed by atoms with Crippen LogP contribution in [0, 0.1) is 0 Å². The van der Waals surface area contributed by atoms with Crippen molar-refractivity contribution in [3.05, 3.63) is 118 Å². The standard InChI is InChI=1S/C36H40N4O4/c1-24-31(34(37)41)33(26-14-15-29-30(22-26)44-23-43-29)32(25(2)39-24)35(42)38-18-9-19-40-20-16-36(17-21-40,27-10-5-3-6-11-27)28-12-7-4-8-13-28/h3-8,10-15,22,33,39H,9,16-21,23H2,1-2H3,(H2,37,41)(H,38,42). The highest BCUT2D eigenvalue weighted by Crippen LogP contribution is 2.43. The summed E-state index contributed by atoms with van der Waals surface area (Å²) < 4.78 is 11.1. The van der Waals surface area contributed by atoms with Gasteiger partial charge in [0.15, 0.2) is 11.5 Å². The number of carbonyl (C=O) groups is 2. The normalized spacial score (nSPS) is 19.5. The smallest absolute Gasteiger partial charge is 0.249 e. The number of amides is 2. The molecule has 3 aromatic rings. The van der Waals surface area contributed by atoms with E-state index < -0.39 is 11.8 Å². The van der Waals surface area contributed by atoms with Gasteiger partial charge in [0.25, 0.3) is 0 Å². The molecule has 3 heterocycles. The van der Waals surface area contributed by atoms with Crippen molar-refractivity contribution in [1.29, 1.82) is 0 Å². The van der Waals surface area contributed by atoms with Gasteiger partial charge in [0.05, 0.1) is 0 Å². The van der Waals surface area contributed by atoms with Crippen molar-refractivity contribution >= 4 is 11.8 Å². The number of hydrogen-bond acceptors (Lipinski definition) is 6. The number of dihydropyridines is 1. The van der Waals surface area contributed by atoms with Gasteiger partial charge in [-0.3, -0.25) is 9.59 Å². The molecule has 3 aromatic carbocycles. The van der Waals surface area contributed by atoms with Crippen molar-refractivity contribution < 1.29 is 19.1 Å². The third kappa shape index (κ3) is 5.69. The molecule has 0 aromatic heterocycles. The number of benzene rings is 3. The molecular weight excluding hydrogens is 552 g/mol. The van der Waals surface area contributed by atoms with Crippen LogP contribution >= 0.6 is 0 Å². The van der Waals surface area contributed by atoms with E-state index in [1.807, 2.05) is 19.1 Å². The Labute approximate surface area is 258 Å². The third-order valence-corrected chi connectivity index (χ3v) is 9.30. The number of primary amides is 1. The van der Waals surface area contributed by atoms with Crippen molar-refractivity contribution in [3.8, 4) is 11.5 Å². The summed E-state index contributed by atoms with van der Waals surface area (Å²) in [6.45, 7) is 7.21. The number of piperidine rings is 1. The van der Waals surface area contributed by atoms with Gasteiger partial charge in [0.2, 0.25) is 18.6 Å². The van der Waals surface area contributed by atoms with Crippen molar-refractivity contribution in [2.24, 2.45) is 5.73 Å². The Kier molecular flexibility index (Phi) is 8.44. The summed E-state index contributed by atoms with van der Waals surface area (Å²) in [6, 6.07) is 27.2. The van der Waals surface area contributed by atoms with Gasteiger partial charge in [-0.1, -0.05) is 66.7 Å². The van der Waals surface area contributed by atoms with E-state index in [1.54, 1.807) is 13.0 Å². The summed E-state index contributed by atoms with van der Waals surface area (Å²) >= 11 is 0. The Morgan fingerprint density at radius 2 is 1.50 bits per heavy atom. The van der Waals surface area contributed by atoms with Crippen LogP contribution in [0.4, 0.5) is 0 Å². The highest BCUT2D eigenvalue weighted by atomic mass is 16.7. The number of allylic oxidation sites excluding steroid dienone is 2. The highest BCUT2D eigenvalue weighted by molar-refractivity contribution is 6.03. The average Bonchev–Trinajstić information content (AvgIpc) is 3.52. The number of hydrogen-bond donors (Lipinski definition) is 3. The number of rotatable bonds is 9. The number of likely N-dealkylation sites (tertiary alicyclic amines) is 1. The number of nitrogens with zero attached hydrogens (tertiary/aromatic N) is 1. The monoisotopic (exact) mass is 592 g/mol. The zero-order valence-corrected chi connectivity index (χ0v) is 25.4. The lowest BCUT2D eigenvalue weighted by Crippen LogP contribution is -2.44. The van der Waals surface area contributed by atoms with E-state index in [9.17, 15) is 9.59 Å². The lowest BCUT2D eigenvalue weighted by Gasteiger charge is -2.43. The summed E-state index contributed by atoms with van der Waals surface area (Å²) in [6.07, 6.45) is 2.91. The zero-order valence-electron chi connectivity index (χ0n) is 25.4. The molecule has 44 heavy (non-hydrogen) atoms. The molecule has 0 aliphatic carbocycles. The molecule has 4 N–H and O–H groups in total. The van der Waals surface area contributed by atoms with Crippen LogP contribution in [-0.2, 0) is 15.0 Å². The van der Waals surface area contributed by atoms with Gasteiger partial charge in [0, 0.05) is 40.4 Å². The van der Waals surface area contributed by atoms with E-state index in [0.717, 1.165) is 44.5 Å². The molecule has 3 aliphatic rings. The van der Waals surface area contributed by atoms with Gasteiger partial charge in [-0.25, -0.2) is 0 Å². The first-order valence-electron chi connectivity index (χ1n) is 15.4. The molecule has 8 nitrogen and oxygen atoms in total. The van der Waals surface area contributed by atoms with Crippen LogP contribution in [0.1, 0.15) is 55.7 Å². The van der Waals surface area contributed by atoms with Crippen LogP contribution in [-0.4, -0.2) is 49.7 Å². The van der Waals surface area contributed by atoms with Crippen molar-refractivity contribution in [1.82, 2.24) is 15.5 Å². The van der Waals surface area contributed by atoms with Crippen LogP contribution in [0.15, 0.2) is 101 Å². The predicted octanol–water partition coefficient (Wildman–Crippen LogP) is 4.72. The lowest BCUT2D eigenvalue weighted by atomic mass is 9.68. The number of nitrogens with one attached hydrogen (secondary N) is 2. The van der Waals surface area contributed by atoms with Crippen molar-refractivity contribution in [2.45, 2.75) is 44.4 Å². The summed E-state index contributed by atoms with van der Waals surface area (Å²) in [5.41, 5.74) is 11.6. The quantitative estimate of drug-likeness (QED) is 0.311. The molecule has 6 rings (SSSR count). The van der Waals surface area contributed by atoms with E-state index in [4.69, 9.17) is 15.2 Å². The van der Waals surface area contributed by atoms with Gasteiger partial charge in [-0.2, -0.15) is 0 Å². The van der Waals surface area contributed by atoms with Gasteiger partial charge in [-0.05, 0) is 81.6 Å². The topological polar surface area (TPSA) is 106 Å². The number of fused-ring (bicyclic) bond motifs is 1. The molecule has 0 bridgehead atoms. The number of carbonyl (C=O) groups excluding carboxylic acids is 2. The van der Waals surface area contributed by atoms with Crippen LogP contribution in [0.5, 0.6) is 11.5 Å². The Morgan fingerprint density at radius 3 is 2.14 bits per heavy atom. The van der Waals surface area contributed by atoms with Gasteiger partial charge < -0.3 is 30.7 Å². The van der Waals surface area contributed by atoms with E-state index in [1.165, 1.54) is 11.1 Å². The largest absolute Gasteiger partial charge is 0.454 e. The minimum absolute atomic E-state index is 0.0126. The molecule has 8 heteroatoms. The molecule has 0 spiro atoms. The van der Waals surface area contributed by atoms with Crippen LogP contribution in [0.2, 0.25) is 0 Å². The summed E-state index contributed by atoms with van der Waals surface area (Å²) in [5.74, 6) is -0.171. The van der Waals surface area contributed by atoms with E-state index in [2.05, 4.69) is 76.2 Å². The highest BCUT2D eigenvalue weighted by Gasteiger charge is 2.38. The second-order valence-corrected chi connectivity index (χ2v) is 11.9. The third-order valence-electron chi connectivity index (χ3n) is 9.30. The summed E-state index contributed by atoms with van der Waals surface area (Å²) in [7, 11) is 0. The van der Waals surface area contributed by atoms with Crippen molar-refractivity contribution in [3.63, 3.8) is 0 Å². The fraction of sp³-hybridized carbons (Fsp3) is 0.333. The molecule has 0 radical (unpaired) electrons. The second kappa shape index (κ2) is 12.6. The van der Waals surface area contributed by atoms with Crippen molar-refractivity contribution in [2.75, 3.05) is 33.0 Å². The minimum Gasteiger partial charge on any atom is -0.454 e. The van der Waals surface area contributed by atoms with E-state index in [0.29, 0.717) is 40.6 Å². The van der Waals surface area contributed by atoms with E-state index >= 15 is 0 Å². The number of nitrogens with two attached hydrogens (primary N) is 1. The average molecular weight is 593 g/mol. The van der Waals surface area contributed by atoms with E-state index in [-0.39, 0.29) is 18.1 Å². The first kappa shape index (κ1) is 29.5. The molecule has 1 unspecified atom stereocenters. The maximum absolute atomic E-state index is 13.7. The molecular formula is C36H40N4O4. The first-order chi connectivity index (χ1) is 21.4. The SMILES string of the molecule is CC1=C(C(N)=O)C(c2ccc3c(c2)OCO3)C(C(=O)NCCCN2CCC(c3ccccc3)(c3ccccc3)CC2)=C(C)N1. The van der Waals surface area contributed by atoms with Gasteiger partial charge >= 0.3 is 0 Å². The maximum Gasteiger partial charge on any atom is 0.249 e. The number of ether oxygens (including phenoxy) is 2. The van der Waals surface area contributed by atoms with Crippen LogP contribution in [0.25, 0.3) is 0 Å². The molecule has 2 amide bonds. The second-order valence-electron chi connectivity index (χ2n) is 11.9. The minimum atomic E-state index is -0.616. The summed E-state index contributed by atoms with van der Waals surface area (Å²) in [5, 5.41) is 6.33. The molecule has 1 saturated heterocycles. The van der Waals surface area contributed by atoms with Crippen LogP contribution in [0.3, 0.4) is 0 Å². The molecule has 0 saturated carbocycles. The van der Waals surface area contributed by atoms with Gasteiger partial charge in [0.1, 0.15) is 0 Å². The summed E-state index contributed by atoms with van der Waals surface area (Å²) in [4.78, 5) is 28.8. The Hall–Kier alpha value is -4.56. The zero-order chi connectivity index (χ0) is 30.7. The maximum atomic E-state index is 13.7. The Morgan fingerprint density at radius 1 is 0.886 bits per heavy atom. The molecule has 1 atom stereocenters. The predicted molar refractivity (Wildman–Crippen MR) is 170 cm³/mol. The fourth-order valence-electron chi connectivity index (χ4n) is 7.06. The first-order valence-corrected chi connectivity index (χ1v) is 15.4. The molecule has 1 fully saturated rings. The fourth-order valence-corrected chi connectivity index (χ4v) is 7.06. The lowest BCUT2D eigenvalue weighted by molar-refractivity contribution is -0.117. The van der Waals surface area contributed by atoms with Crippen LogP contribution < -0.4 is 25.8 Å².